The first-order chi connectivity index (χ1) is 24.3. The largest absolute Gasteiger partial charge is 0.309 e. The van der Waals surface area contributed by atoms with Gasteiger partial charge in [-0.15, -0.1) is 0 Å². The van der Waals surface area contributed by atoms with Crippen molar-refractivity contribution in [2.75, 3.05) is 0 Å². The third-order valence-electron chi connectivity index (χ3n) is 11.2. The van der Waals surface area contributed by atoms with E-state index in [0.717, 1.165) is 0 Å². The van der Waals surface area contributed by atoms with Crippen LogP contribution in [0.1, 0.15) is 49.9 Å². The summed E-state index contributed by atoms with van der Waals surface area (Å²) in [6.45, 7) is 9.32. The van der Waals surface area contributed by atoms with E-state index in [1.54, 1.807) is 0 Å². The van der Waals surface area contributed by atoms with Crippen LogP contribution in [0.4, 0.5) is 0 Å². The topological polar surface area (TPSA) is 9.86 Å². The van der Waals surface area contributed by atoms with Crippen LogP contribution in [0.3, 0.4) is 0 Å². The molecule has 0 spiro atoms. The molecule has 0 aliphatic rings. The smallest absolute Gasteiger partial charge is 0.0541 e. The standard InChI is InChI=1S/C48H40N2/c1-47(2,35-25-29-37(30-26-35)49-43-17-9-5-13-39(43)40-14-6-10-18-44(40)49)33-21-23-34(24-22-33)48(3,4)36-27-31-38(32-28-36)50-45-19-11-7-15-41(45)42-16-8-12-20-46(42)50/h5-32H,1-4H3. The molecule has 9 aromatic rings. The Morgan fingerprint density at radius 2 is 0.500 bits per heavy atom. The number of hydrogen-bond acceptors (Lipinski definition) is 0. The van der Waals surface area contributed by atoms with Crippen molar-refractivity contribution in [1.29, 1.82) is 0 Å². The lowest BCUT2D eigenvalue weighted by atomic mass is 9.74. The zero-order valence-electron chi connectivity index (χ0n) is 29.1. The fourth-order valence-electron chi connectivity index (χ4n) is 8.09. The molecule has 0 aliphatic heterocycles. The summed E-state index contributed by atoms with van der Waals surface area (Å²) in [5, 5.41) is 5.15. The van der Waals surface area contributed by atoms with Crippen LogP contribution in [0.5, 0.6) is 0 Å². The first-order valence-corrected chi connectivity index (χ1v) is 17.6. The molecule has 0 unspecified atom stereocenters. The summed E-state index contributed by atoms with van der Waals surface area (Å²) in [7, 11) is 0. The van der Waals surface area contributed by atoms with E-state index in [9.17, 15) is 0 Å². The van der Waals surface area contributed by atoms with E-state index in [4.69, 9.17) is 0 Å². The van der Waals surface area contributed by atoms with E-state index < -0.39 is 0 Å². The minimum absolute atomic E-state index is 0.147. The van der Waals surface area contributed by atoms with Crippen LogP contribution in [-0.2, 0) is 10.8 Å². The average molecular weight is 645 g/mol. The van der Waals surface area contributed by atoms with Crippen LogP contribution in [0, 0.1) is 0 Å². The van der Waals surface area contributed by atoms with Crippen molar-refractivity contribution in [1.82, 2.24) is 9.13 Å². The maximum Gasteiger partial charge on any atom is 0.0541 e. The Bertz CT molecular complexity index is 2370. The molecule has 7 aromatic carbocycles. The lowest BCUT2D eigenvalue weighted by Crippen LogP contribution is -2.21. The monoisotopic (exact) mass is 644 g/mol. The second-order valence-electron chi connectivity index (χ2n) is 14.7. The van der Waals surface area contributed by atoms with Crippen LogP contribution >= 0.6 is 0 Å². The summed E-state index contributed by atoms with van der Waals surface area (Å²) in [6, 6.07) is 62.4. The number of fused-ring (bicyclic) bond motifs is 6. The average Bonchev–Trinajstić information content (AvgIpc) is 3.68. The van der Waals surface area contributed by atoms with Crippen molar-refractivity contribution in [3.05, 3.63) is 192 Å². The zero-order valence-corrected chi connectivity index (χ0v) is 29.1. The summed E-state index contributed by atoms with van der Waals surface area (Å²) in [5.74, 6) is 0. The predicted molar refractivity (Wildman–Crippen MR) is 212 cm³/mol. The van der Waals surface area contributed by atoms with Crippen molar-refractivity contribution in [2.45, 2.75) is 38.5 Å². The fraction of sp³-hybridized carbons (Fsp3) is 0.125. The van der Waals surface area contributed by atoms with E-state index in [1.165, 1.54) is 77.2 Å². The number of hydrogen-bond donors (Lipinski definition) is 0. The Balaban J connectivity index is 0.997. The van der Waals surface area contributed by atoms with E-state index in [0.29, 0.717) is 0 Å². The van der Waals surface area contributed by atoms with Gasteiger partial charge in [-0.25, -0.2) is 0 Å². The van der Waals surface area contributed by atoms with Gasteiger partial charge in [0.2, 0.25) is 0 Å². The lowest BCUT2D eigenvalue weighted by molar-refractivity contribution is 0.626. The normalized spacial score (nSPS) is 12.4. The highest BCUT2D eigenvalue weighted by molar-refractivity contribution is 6.10. The molecule has 0 amide bonds. The summed E-state index contributed by atoms with van der Waals surface area (Å²) < 4.78 is 4.77. The Labute approximate surface area is 293 Å². The third kappa shape index (κ3) is 4.63. The molecule has 0 atom stereocenters. The van der Waals surface area contributed by atoms with Crippen LogP contribution in [0.2, 0.25) is 0 Å². The van der Waals surface area contributed by atoms with Gasteiger partial charge in [0.25, 0.3) is 0 Å². The molecule has 0 bridgehead atoms. The van der Waals surface area contributed by atoms with Crippen molar-refractivity contribution >= 4 is 43.6 Å². The zero-order chi connectivity index (χ0) is 34.0. The number of rotatable bonds is 6. The van der Waals surface area contributed by atoms with Gasteiger partial charge in [0.1, 0.15) is 0 Å². The minimum atomic E-state index is -0.147. The van der Waals surface area contributed by atoms with Crippen molar-refractivity contribution < 1.29 is 0 Å². The van der Waals surface area contributed by atoms with Crippen LogP contribution < -0.4 is 0 Å². The molecule has 2 heterocycles. The molecular weight excluding hydrogens is 605 g/mol. The second kappa shape index (κ2) is 11.4. The Morgan fingerprint density at radius 3 is 0.760 bits per heavy atom. The number of benzene rings is 7. The van der Waals surface area contributed by atoms with Crippen LogP contribution in [0.15, 0.2) is 170 Å². The molecule has 2 heteroatoms. The summed E-state index contributed by atoms with van der Waals surface area (Å²) in [5.41, 5.74) is 12.2. The predicted octanol–water partition coefficient (Wildman–Crippen LogP) is 12.5. The van der Waals surface area contributed by atoms with Gasteiger partial charge in [-0.3, -0.25) is 0 Å². The molecular formula is C48H40N2. The molecule has 242 valence electrons. The summed E-state index contributed by atoms with van der Waals surface area (Å²) in [6.07, 6.45) is 0. The highest BCUT2D eigenvalue weighted by Crippen LogP contribution is 2.38. The van der Waals surface area contributed by atoms with E-state index in [-0.39, 0.29) is 10.8 Å². The van der Waals surface area contributed by atoms with Gasteiger partial charge < -0.3 is 9.13 Å². The number of aromatic nitrogens is 2. The SMILES string of the molecule is CC(C)(c1ccc(-n2c3ccccc3c3ccccc32)cc1)c1ccc(C(C)(C)c2ccc(-n3c4ccccc4c4ccccc43)cc2)cc1. The van der Waals surface area contributed by atoms with Gasteiger partial charge in [0, 0.05) is 43.7 Å². The molecule has 0 aliphatic carbocycles. The molecule has 2 aromatic heterocycles. The third-order valence-corrected chi connectivity index (χ3v) is 11.2. The highest BCUT2D eigenvalue weighted by Gasteiger charge is 2.27. The Kier molecular flexibility index (Phi) is 6.86. The second-order valence-corrected chi connectivity index (χ2v) is 14.7. The number of para-hydroxylation sites is 4. The maximum absolute atomic E-state index is 2.38. The van der Waals surface area contributed by atoms with Gasteiger partial charge in [-0.2, -0.15) is 0 Å². The van der Waals surface area contributed by atoms with Crippen molar-refractivity contribution in [3.8, 4) is 11.4 Å². The highest BCUT2D eigenvalue weighted by atomic mass is 15.0. The molecule has 0 radical (unpaired) electrons. The van der Waals surface area contributed by atoms with Crippen molar-refractivity contribution in [2.24, 2.45) is 0 Å². The van der Waals surface area contributed by atoms with E-state index in [2.05, 4.69) is 207 Å². The van der Waals surface area contributed by atoms with Gasteiger partial charge in [-0.05, 0) is 70.8 Å². The fourth-order valence-corrected chi connectivity index (χ4v) is 8.09. The van der Waals surface area contributed by atoms with Crippen LogP contribution in [0.25, 0.3) is 55.0 Å². The maximum atomic E-state index is 2.38. The molecule has 0 N–H and O–H groups in total. The van der Waals surface area contributed by atoms with Gasteiger partial charge in [0.05, 0.1) is 22.1 Å². The first-order valence-electron chi connectivity index (χ1n) is 17.6. The van der Waals surface area contributed by atoms with Gasteiger partial charge in [0.15, 0.2) is 0 Å². The van der Waals surface area contributed by atoms with Crippen LogP contribution in [-0.4, -0.2) is 9.13 Å². The van der Waals surface area contributed by atoms with Crippen molar-refractivity contribution in [3.63, 3.8) is 0 Å². The minimum Gasteiger partial charge on any atom is -0.309 e. The quantitative estimate of drug-likeness (QED) is 0.170. The Hall–Kier alpha value is -5.86. The first kappa shape index (κ1) is 30.2. The lowest BCUT2D eigenvalue weighted by Gasteiger charge is -2.30. The van der Waals surface area contributed by atoms with Gasteiger partial charge >= 0.3 is 0 Å². The number of nitrogens with zero attached hydrogens (tertiary/aromatic N) is 2. The Morgan fingerprint density at radius 1 is 0.280 bits per heavy atom. The molecule has 0 fully saturated rings. The van der Waals surface area contributed by atoms with E-state index >= 15 is 0 Å². The van der Waals surface area contributed by atoms with Gasteiger partial charge in [-0.1, -0.05) is 149 Å². The molecule has 0 saturated carbocycles. The summed E-state index contributed by atoms with van der Waals surface area (Å²) in [4.78, 5) is 0. The molecule has 0 saturated heterocycles. The molecule has 50 heavy (non-hydrogen) atoms. The molecule has 2 nitrogen and oxygen atoms in total. The van der Waals surface area contributed by atoms with E-state index in [1.807, 2.05) is 0 Å². The summed E-state index contributed by atoms with van der Waals surface area (Å²) >= 11 is 0. The molecule has 9 rings (SSSR count).